The lowest BCUT2D eigenvalue weighted by atomic mass is 9.98. The third kappa shape index (κ3) is 5.34. The highest BCUT2D eigenvalue weighted by atomic mass is 35.5. The molecule has 2 heterocycles. The molecule has 2 aromatic rings. The maximum atomic E-state index is 13.5. The van der Waals surface area contributed by atoms with Crippen LogP contribution >= 0.6 is 11.6 Å². The molecule has 25 heavy (non-hydrogen) atoms. The highest BCUT2D eigenvalue weighted by Gasteiger charge is 2.22. The van der Waals surface area contributed by atoms with Crippen LogP contribution in [0.1, 0.15) is 39.2 Å². The summed E-state index contributed by atoms with van der Waals surface area (Å²) in [6.07, 6.45) is 0.375. The van der Waals surface area contributed by atoms with E-state index in [1.165, 1.54) is 18.5 Å². The Bertz CT molecular complexity index is 712. The van der Waals surface area contributed by atoms with E-state index in [0.717, 1.165) is 6.42 Å². The number of halogens is 3. The number of hydrogen-bond acceptors (Lipinski definition) is 4. The van der Waals surface area contributed by atoms with Crippen molar-refractivity contribution in [3.63, 3.8) is 0 Å². The Morgan fingerprint density at radius 1 is 1.16 bits per heavy atom. The minimum Gasteiger partial charge on any atom is -0.458 e. The van der Waals surface area contributed by atoms with Crippen molar-refractivity contribution in [2.75, 3.05) is 0 Å². The minimum absolute atomic E-state index is 0.0194. The molecule has 0 saturated heterocycles. The van der Waals surface area contributed by atoms with Crippen LogP contribution in [-0.4, -0.2) is 16.2 Å². The van der Waals surface area contributed by atoms with Gasteiger partial charge in [-0.05, 0) is 36.1 Å². The summed E-state index contributed by atoms with van der Waals surface area (Å²) in [4.78, 5) is 7.94. The highest BCUT2D eigenvalue weighted by molar-refractivity contribution is 6.29. The fourth-order valence-electron chi connectivity index (χ4n) is 2.59. The minimum atomic E-state index is -2.73. The lowest BCUT2D eigenvalue weighted by molar-refractivity contribution is 0.109. The molecule has 7 heteroatoms. The van der Waals surface area contributed by atoms with Gasteiger partial charge >= 0.3 is 0 Å². The molecule has 0 radical (unpaired) electrons. The first-order valence-electron chi connectivity index (χ1n) is 8.10. The topological polar surface area (TPSA) is 61.0 Å². The molecule has 136 valence electrons. The summed E-state index contributed by atoms with van der Waals surface area (Å²) in [5, 5.41) is 0.279. The van der Waals surface area contributed by atoms with E-state index in [1.807, 2.05) is 6.92 Å². The summed E-state index contributed by atoms with van der Waals surface area (Å²) in [6.45, 7) is 6.07. The Morgan fingerprint density at radius 2 is 1.88 bits per heavy atom. The Labute approximate surface area is 151 Å². The van der Waals surface area contributed by atoms with Crippen molar-refractivity contribution in [3.05, 3.63) is 41.3 Å². The van der Waals surface area contributed by atoms with Crippen molar-refractivity contribution in [1.29, 1.82) is 0 Å². The van der Waals surface area contributed by atoms with Gasteiger partial charge in [0.1, 0.15) is 5.15 Å². The van der Waals surface area contributed by atoms with Crippen LogP contribution in [0.15, 0.2) is 30.6 Å². The van der Waals surface area contributed by atoms with E-state index in [9.17, 15) is 8.78 Å². The van der Waals surface area contributed by atoms with Crippen molar-refractivity contribution in [1.82, 2.24) is 9.97 Å². The number of nitrogens with zero attached hydrogens (tertiary/aromatic N) is 2. The van der Waals surface area contributed by atoms with Gasteiger partial charge in [0.05, 0.1) is 5.56 Å². The summed E-state index contributed by atoms with van der Waals surface area (Å²) in [5.74, 6) is 0.319. The summed E-state index contributed by atoms with van der Waals surface area (Å²) >= 11 is 5.85. The van der Waals surface area contributed by atoms with Crippen LogP contribution in [0.2, 0.25) is 5.15 Å². The van der Waals surface area contributed by atoms with Gasteiger partial charge in [-0.3, -0.25) is 5.73 Å². The molecule has 1 unspecified atom stereocenters. The summed E-state index contributed by atoms with van der Waals surface area (Å²) in [7, 11) is 0. The first-order valence-corrected chi connectivity index (χ1v) is 8.48. The van der Waals surface area contributed by atoms with Crippen LogP contribution in [0.3, 0.4) is 0 Å². The first kappa shape index (κ1) is 19.5. The molecule has 0 aromatic carbocycles. The maximum Gasteiger partial charge on any atom is 0.269 e. The van der Waals surface area contributed by atoms with E-state index in [2.05, 4.69) is 23.8 Å². The second-order valence-electron chi connectivity index (χ2n) is 6.48. The fourth-order valence-corrected chi connectivity index (χ4v) is 2.76. The maximum absolute atomic E-state index is 13.5. The van der Waals surface area contributed by atoms with Crippen LogP contribution in [0, 0.1) is 11.8 Å². The summed E-state index contributed by atoms with van der Waals surface area (Å²) in [5.41, 5.74) is 6.87. The summed E-state index contributed by atoms with van der Waals surface area (Å²) in [6, 6.07) is 4.61. The van der Waals surface area contributed by atoms with Crippen molar-refractivity contribution >= 4 is 11.6 Å². The van der Waals surface area contributed by atoms with Gasteiger partial charge < -0.3 is 4.74 Å². The SMILES string of the molecule is CC(C)CC(C)[C@@H](N)Oc1ncc(-c2ccnc(Cl)c2)cc1C(F)F. The molecular weight excluding hydrogens is 348 g/mol. The zero-order chi connectivity index (χ0) is 18.6. The van der Waals surface area contributed by atoms with Gasteiger partial charge in [-0.15, -0.1) is 0 Å². The average molecular weight is 370 g/mol. The van der Waals surface area contributed by atoms with Crippen molar-refractivity contribution in [2.24, 2.45) is 17.6 Å². The molecule has 0 saturated carbocycles. The second-order valence-corrected chi connectivity index (χ2v) is 6.86. The standard InChI is InChI=1S/C18H22ClF2N3O/c1-10(2)6-11(3)17(22)25-18-14(16(20)21)7-13(9-24-18)12-4-5-23-15(19)8-12/h4-5,7-11,16-17H,6,22H2,1-3H3/t11?,17-/m0/s1. The molecule has 0 aliphatic heterocycles. The van der Waals surface area contributed by atoms with Crippen LogP contribution in [0.4, 0.5) is 8.78 Å². The van der Waals surface area contributed by atoms with E-state index in [1.54, 1.807) is 12.1 Å². The van der Waals surface area contributed by atoms with E-state index in [0.29, 0.717) is 17.0 Å². The molecule has 4 nitrogen and oxygen atoms in total. The molecule has 0 fully saturated rings. The molecule has 0 amide bonds. The van der Waals surface area contributed by atoms with Crippen molar-refractivity contribution in [2.45, 2.75) is 39.8 Å². The van der Waals surface area contributed by atoms with E-state index in [-0.39, 0.29) is 22.5 Å². The predicted molar refractivity (Wildman–Crippen MR) is 94.7 cm³/mol. The number of alkyl halides is 2. The number of rotatable bonds is 7. The zero-order valence-corrected chi connectivity index (χ0v) is 15.2. The fraction of sp³-hybridized carbons (Fsp3) is 0.444. The third-order valence-electron chi connectivity index (χ3n) is 3.83. The molecule has 0 bridgehead atoms. The van der Waals surface area contributed by atoms with Crippen LogP contribution in [-0.2, 0) is 0 Å². The van der Waals surface area contributed by atoms with Crippen LogP contribution < -0.4 is 10.5 Å². The van der Waals surface area contributed by atoms with Crippen LogP contribution in [0.25, 0.3) is 11.1 Å². The van der Waals surface area contributed by atoms with Gasteiger partial charge in [-0.2, -0.15) is 0 Å². The largest absolute Gasteiger partial charge is 0.458 e. The van der Waals surface area contributed by atoms with E-state index in [4.69, 9.17) is 22.1 Å². The molecule has 0 aliphatic rings. The monoisotopic (exact) mass is 369 g/mol. The van der Waals surface area contributed by atoms with Crippen LogP contribution in [0.5, 0.6) is 5.88 Å². The Morgan fingerprint density at radius 3 is 2.48 bits per heavy atom. The van der Waals surface area contributed by atoms with E-state index >= 15 is 0 Å². The van der Waals surface area contributed by atoms with Gasteiger partial charge in [0, 0.05) is 23.9 Å². The van der Waals surface area contributed by atoms with E-state index < -0.39 is 12.7 Å². The lowest BCUT2D eigenvalue weighted by Crippen LogP contribution is -2.35. The Kier molecular flexibility index (Phi) is 6.67. The summed E-state index contributed by atoms with van der Waals surface area (Å²) < 4.78 is 32.5. The van der Waals surface area contributed by atoms with Crippen molar-refractivity contribution in [3.8, 4) is 17.0 Å². The quantitative estimate of drug-likeness (QED) is 0.546. The first-order chi connectivity index (χ1) is 11.8. The van der Waals surface area contributed by atoms with Gasteiger partial charge in [-0.25, -0.2) is 18.7 Å². The number of pyridine rings is 2. The number of hydrogen-bond donors (Lipinski definition) is 1. The van der Waals surface area contributed by atoms with Crippen molar-refractivity contribution < 1.29 is 13.5 Å². The molecule has 2 N–H and O–H groups in total. The molecule has 0 spiro atoms. The number of aromatic nitrogens is 2. The number of ether oxygens (including phenoxy) is 1. The third-order valence-corrected chi connectivity index (χ3v) is 4.03. The molecule has 2 rings (SSSR count). The molecule has 2 aromatic heterocycles. The zero-order valence-electron chi connectivity index (χ0n) is 14.4. The average Bonchev–Trinajstić information content (AvgIpc) is 2.54. The smallest absolute Gasteiger partial charge is 0.269 e. The highest BCUT2D eigenvalue weighted by Crippen LogP contribution is 2.32. The molecule has 2 atom stereocenters. The van der Waals surface area contributed by atoms with Gasteiger partial charge in [0.15, 0.2) is 6.23 Å². The second kappa shape index (κ2) is 8.54. The molecular formula is C18H22ClF2N3O. The number of nitrogens with two attached hydrogens (primary N) is 1. The van der Waals surface area contributed by atoms with Gasteiger partial charge in [0.2, 0.25) is 5.88 Å². The molecule has 0 aliphatic carbocycles. The normalized spacial score (nSPS) is 14.0. The lowest BCUT2D eigenvalue weighted by Gasteiger charge is -2.23. The van der Waals surface area contributed by atoms with Gasteiger partial charge in [0.25, 0.3) is 6.43 Å². The predicted octanol–water partition coefficient (Wildman–Crippen LogP) is 5.08. The Balaban J connectivity index is 2.27. The Hall–Kier alpha value is -1.79. The van der Waals surface area contributed by atoms with Gasteiger partial charge in [-0.1, -0.05) is 32.4 Å².